The van der Waals surface area contributed by atoms with Gasteiger partial charge in [-0.25, -0.2) is 9.07 Å². The van der Waals surface area contributed by atoms with Crippen LogP contribution in [0.4, 0.5) is 10.1 Å². The van der Waals surface area contributed by atoms with Gasteiger partial charge in [-0.3, -0.25) is 4.90 Å². The Hall–Kier alpha value is -2.66. The monoisotopic (exact) mass is 420 g/mol. The van der Waals surface area contributed by atoms with E-state index in [1.807, 2.05) is 18.2 Å². The van der Waals surface area contributed by atoms with Crippen molar-refractivity contribution < 1.29 is 4.39 Å². The molecule has 0 bridgehead atoms. The molecule has 4 nitrogen and oxygen atoms in total. The van der Waals surface area contributed by atoms with Crippen LogP contribution in [-0.4, -0.2) is 47.4 Å². The predicted molar refractivity (Wildman–Crippen MR) is 126 cm³/mol. The average molecular weight is 421 g/mol. The highest BCUT2D eigenvalue weighted by Crippen LogP contribution is 2.21. The second-order valence-corrected chi connectivity index (χ2v) is 8.72. The van der Waals surface area contributed by atoms with Gasteiger partial charge in [0.05, 0.1) is 11.4 Å². The highest BCUT2D eigenvalue weighted by atomic mass is 19.1. The summed E-state index contributed by atoms with van der Waals surface area (Å²) >= 11 is 0. The molecule has 0 N–H and O–H groups in total. The van der Waals surface area contributed by atoms with E-state index >= 15 is 0 Å². The summed E-state index contributed by atoms with van der Waals surface area (Å²) in [7, 11) is 0. The molecule has 31 heavy (non-hydrogen) atoms. The number of aromatic nitrogens is 2. The van der Waals surface area contributed by atoms with E-state index in [1.54, 1.807) is 12.1 Å². The molecule has 5 heteroatoms. The molecule has 1 saturated heterocycles. The summed E-state index contributed by atoms with van der Waals surface area (Å²) in [6.07, 6.45) is 3.39. The van der Waals surface area contributed by atoms with E-state index in [0.29, 0.717) is 5.92 Å². The van der Waals surface area contributed by atoms with Gasteiger partial charge in [-0.15, -0.1) is 0 Å². The van der Waals surface area contributed by atoms with E-state index in [4.69, 9.17) is 5.10 Å². The summed E-state index contributed by atoms with van der Waals surface area (Å²) < 4.78 is 15.3. The maximum absolute atomic E-state index is 13.1. The molecule has 2 heterocycles. The van der Waals surface area contributed by atoms with Crippen LogP contribution in [0.25, 0.3) is 5.69 Å². The molecule has 0 saturated carbocycles. The lowest BCUT2D eigenvalue weighted by Gasteiger charge is -2.36. The topological polar surface area (TPSA) is 24.3 Å². The first-order chi connectivity index (χ1) is 15.1. The number of anilines is 1. The second kappa shape index (κ2) is 10.1. The van der Waals surface area contributed by atoms with Gasteiger partial charge in [-0.05, 0) is 74.2 Å². The van der Waals surface area contributed by atoms with E-state index in [9.17, 15) is 4.39 Å². The Balaban J connectivity index is 1.26. The highest BCUT2D eigenvalue weighted by molar-refractivity contribution is 5.46. The largest absolute Gasteiger partial charge is 0.369 e. The lowest BCUT2D eigenvalue weighted by atomic mass is 10.1. The zero-order chi connectivity index (χ0) is 21.6. The number of hydrogen-bond donors (Lipinski definition) is 0. The van der Waals surface area contributed by atoms with Gasteiger partial charge in [0.25, 0.3) is 0 Å². The van der Waals surface area contributed by atoms with Crippen LogP contribution in [0.15, 0.2) is 60.7 Å². The first-order valence-electron chi connectivity index (χ1n) is 11.5. The SMILES string of the molecule is CC(C)c1cc(CCCCN2CCN(c3ccc(F)cc3)CC2)n(-c2ccccc2)n1. The van der Waals surface area contributed by atoms with Crippen LogP contribution in [0.2, 0.25) is 0 Å². The van der Waals surface area contributed by atoms with Crippen LogP contribution in [0, 0.1) is 5.82 Å². The summed E-state index contributed by atoms with van der Waals surface area (Å²) in [5.41, 5.74) is 4.73. The Morgan fingerprint density at radius 1 is 0.871 bits per heavy atom. The van der Waals surface area contributed by atoms with Gasteiger partial charge in [0.1, 0.15) is 5.82 Å². The van der Waals surface area contributed by atoms with E-state index in [0.717, 1.165) is 62.6 Å². The zero-order valence-corrected chi connectivity index (χ0v) is 18.7. The molecule has 0 unspecified atom stereocenters. The molecule has 0 spiro atoms. The van der Waals surface area contributed by atoms with Crippen molar-refractivity contribution in [3.05, 3.63) is 77.9 Å². The lowest BCUT2D eigenvalue weighted by molar-refractivity contribution is 0.253. The third kappa shape index (κ3) is 5.53. The number of unbranched alkanes of at least 4 members (excludes halogenated alkanes) is 1. The molecule has 164 valence electrons. The molecular weight excluding hydrogens is 387 g/mol. The fourth-order valence-corrected chi connectivity index (χ4v) is 4.22. The third-order valence-electron chi connectivity index (χ3n) is 6.12. The number of aryl methyl sites for hydroxylation is 1. The summed E-state index contributed by atoms with van der Waals surface area (Å²) in [5, 5.41) is 4.87. The Bertz CT molecular complexity index is 941. The molecule has 0 atom stereocenters. The first kappa shape index (κ1) is 21.6. The van der Waals surface area contributed by atoms with Gasteiger partial charge in [0, 0.05) is 37.6 Å². The van der Waals surface area contributed by atoms with Crippen molar-refractivity contribution in [1.82, 2.24) is 14.7 Å². The summed E-state index contributed by atoms with van der Waals surface area (Å²) in [5.74, 6) is 0.262. The standard InChI is InChI=1S/C26H33FN4/c1-21(2)26-20-25(31(28-26)24-8-4-3-5-9-24)10-6-7-15-29-16-18-30(19-17-29)23-13-11-22(27)12-14-23/h3-5,8-9,11-14,20-21H,6-7,10,15-19H2,1-2H3. The molecule has 1 aromatic heterocycles. The molecule has 0 radical (unpaired) electrons. The summed E-state index contributed by atoms with van der Waals surface area (Å²) in [4.78, 5) is 4.90. The Kier molecular flexibility index (Phi) is 7.03. The van der Waals surface area contributed by atoms with Crippen molar-refractivity contribution in [2.24, 2.45) is 0 Å². The van der Waals surface area contributed by atoms with Crippen LogP contribution < -0.4 is 4.90 Å². The van der Waals surface area contributed by atoms with E-state index < -0.39 is 0 Å². The molecule has 3 aromatic rings. The molecule has 1 fully saturated rings. The zero-order valence-electron chi connectivity index (χ0n) is 18.7. The molecule has 0 amide bonds. The Labute approximate surface area is 185 Å². The number of hydrogen-bond acceptors (Lipinski definition) is 3. The van der Waals surface area contributed by atoms with Crippen LogP contribution >= 0.6 is 0 Å². The highest BCUT2D eigenvalue weighted by Gasteiger charge is 2.17. The average Bonchev–Trinajstić information content (AvgIpc) is 3.23. The van der Waals surface area contributed by atoms with Gasteiger partial charge in [0.15, 0.2) is 0 Å². The van der Waals surface area contributed by atoms with Crippen molar-refractivity contribution in [2.75, 3.05) is 37.6 Å². The maximum Gasteiger partial charge on any atom is 0.123 e. The third-order valence-corrected chi connectivity index (χ3v) is 6.12. The number of benzene rings is 2. The van der Waals surface area contributed by atoms with Crippen LogP contribution in [-0.2, 0) is 6.42 Å². The minimum Gasteiger partial charge on any atom is -0.369 e. The predicted octanol–water partition coefficient (Wildman–Crippen LogP) is 5.28. The van der Waals surface area contributed by atoms with Gasteiger partial charge in [-0.2, -0.15) is 5.10 Å². The minimum atomic E-state index is -0.170. The van der Waals surface area contributed by atoms with Gasteiger partial charge in [0.2, 0.25) is 0 Å². The number of nitrogens with zero attached hydrogens (tertiary/aromatic N) is 4. The number of rotatable bonds is 8. The van der Waals surface area contributed by atoms with Crippen LogP contribution in [0.1, 0.15) is 44.0 Å². The fourth-order valence-electron chi connectivity index (χ4n) is 4.22. The van der Waals surface area contributed by atoms with Gasteiger partial charge < -0.3 is 4.90 Å². The maximum atomic E-state index is 13.1. The van der Waals surface area contributed by atoms with Crippen LogP contribution in [0.5, 0.6) is 0 Å². The van der Waals surface area contributed by atoms with Crippen molar-refractivity contribution in [2.45, 2.75) is 39.0 Å². The van der Waals surface area contributed by atoms with Gasteiger partial charge in [-0.1, -0.05) is 32.0 Å². The normalized spacial score (nSPS) is 15.0. The molecule has 1 aliphatic heterocycles. The molecule has 1 aliphatic rings. The van der Waals surface area contributed by atoms with Crippen molar-refractivity contribution in [3.8, 4) is 5.69 Å². The smallest absolute Gasteiger partial charge is 0.123 e. The molecule has 4 rings (SSSR count). The second-order valence-electron chi connectivity index (χ2n) is 8.72. The summed E-state index contributed by atoms with van der Waals surface area (Å²) in [6.45, 7) is 9.68. The lowest BCUT2D eigenvalue weighted by Crippen LogP contribution is -2.46. The fraction of sp³-hybridized carbons (Fsp3) is 0.423. The van der Waals surface area contributed by atoms with Crippen molar-refractivity contribution in [3.63, 3.8) is 0 Å². The minimum absolute atomic E-state index is 0.170. The first-order valence-corrected chi connectivity index (χ1v) is 11.5. The van der Waals surface area contributed by atoms with E-state index in [2.05, 4.69) is 58.7 Å². The Morgan fingerprint density at radius 2 is 1.58 bits per heavy atom. The number of piperazine rings is 1. The number of halogens is 1. The number of para-hydroxylation sites is 1. The Morgan fingerprint density at radius 3 is 2.26 bits per heavy atom. The van der Waals surface area contributed by atoms with Crippen molar-refractivity contribution >= 4 is 5.69 Å². The van der Waals surface area contributed by atoms with E-state index in [1.165, 1.54) is 12.1 Å². The quantitative estimate of drug-likeness (QED) is 0.464. The molecule has 0 aliphatic carbocycles. The van der Waals surface area contributed by atoms with E-state index in [-0.39, 0.29) is 5.82 Å². The van der Waals surface area contributed by atoms with Crippen molar-refractivity contribution in [1.29, 1.82) is 0 Å². The molecular formula is C26H33FN4. The van der Waals surface area contributed by atoms with Crippen LogP contribution in [0.3, 0.4) is 0 Å². The summed E-state index contributed by atoms with van der Waals surface area (Å²) in [6, 6.07) is 19.6. The van der Waals surface area contributed by atoms with Gasteiger partial charge >= 0.3 is 0 Å². The molecule has 2 aromatic carbocycles.